The molecule has 0 unspecified atom stereocenters. The number of primary amides is 1. The van der Waals surface area contributed by atoms with E-state index in [1.54, 1.807) is 24.3 Å². The Morgan fingerprint density at radius 3 is 2.44 bits per heavy atom. The number of allylic oxidation sites excluding steroid dienone is 6. The van der Waals surface area contributed by atoms with Crippen LogP contribution in [0.25, 0.3) is 10.8 Å². The summed E-state index contributed by atoms with van der Waals surface area (Å²) >= 11 is 3.19. The van der Waals surface area contributed by atoms with Crippen LogP contribution < -0.4 is 5.73 Å². The van der Waals surface area contributed by atoms with Gasteiger partial charge in [0.25, 0.3) is 0 Å². The van der Waals surface area contributed by atoms with E-state index >= 15 is 0 Å². The third-order valence-corrected chi connectivity index (χ3v) is 8.39. The van der Waals surface area contributed by atoms with Crippen molar-refractivity contribution in [2.24, 2.45) is 23.5 Å². The van der Waals surface area contributed by atoms with Crippen LogP contribution in [0.1, 0.15) is 24.3 Å². The Balaban J connectivity index is 1.60. The zero-order chi connectivity index (χ0) is 25.5. The van der Waals surface area contributed by atoms with Gasteiger partial charge in [-0.3, -0.25) is 19.2 Å². The second-order valence-corrected chi connectivity index (χ2v) is 10.3. The molecule has 0 bridgehead atoms. The lowest BCUT2D eigenvalue weighted by Gasteiger charge is -2.42. The van der Waals surface area contributed by atoms with Gasteiger partial charge >= 0.3 is 6.03 Å². The maximum atomic E-state index is 13.3. The zero-order valence-corrected chi connectivity index (χ0v) is 20.3. The first kappa shape index (κ1) is 22.6. The van der Waals surface area contributed by atoms with Gasteiger partial charge in [0.1, 0.15) is 5.75 Å². The highest BCUT2D eigenvalue weighted by molar-refractivity contribution is 9.12. The van der Waals surface area contributed by atoms with Gasteiger partial charge in [-0.1, -0.05) is 42.0 Å². The van der Waals surface area contributed by atoms with Crippen LogP contribution in [0.3, 0.4) is 0 Å². The second kappa shape index (κ2) is 7.83. The highest BCUT2D eigenvalue weighted by Crippen LogP contribution is 2.56. The summed E-state index contributed by atoms with van der Waals surface area (Å²) in [5, 5.41) is 11.8. The average molecular weight is 547 g/mol. The van der Waals surface area contributed by atoms with Crippen molar-refractivity contribution >= 4 is 56.1 Å². The van der Waals surface area contributed by atoms with Crippen LogP contribution in [-0.4, -0.2) is 39.4 Å². The Labute approximate surface area is 213 Å². The van der Waals surface area contributed by atoms with Crippen LogP contribution in [0.15, 0.2) is 69.8 Å². The average Bonchev–Trinajstić information content (AvgIpc) is 3.12. The fourth-order valence-electron chi connectivity index (χ4n) is 6.34. The number of likely N-dealkylation sites (tertiary alicyclic amines) is 1. The minimum Gasteiger partial charge on any atom is -0.507 e. The molecule has 9 heteroatoms. The Morgan fingerprint density at radius 1 is 1.00 bits per heavy atom. The SMILES string of the molecule is NC(=O)N1C(=O)[C@H]2[C@H](CC=C3[C@H](c4ccc(O)c5ccccc45)C4=C(C[C@H]32)C(=O)C(Br)=CC4=O)C1=O. The van der Waals surface area contributed by atoms with Gasteiger partial charge in [-0.05, 0) is 51.7 Å². The number of hydrogen-bond acceptors (Lipinski definition) is 6. The summed E-state index contributed by atoms with van der Waals surface area (Å²) in [5.41, 5.74) is 7.43. The van der Waals surface area contributed by atoms with Crippen molar-refractivity contribution in [3.8, 4) is 5.75 Å². The van der Waals surface area contributed by atoms with Gasteiger partial charge in [0, 0.05) is 28.5 Å². The molecular formula is C27H19BrN2O6. The summed E-state index contributed by atoms with van der Waals surface area (Å²) in [7, 11) is 0. The number of rotatable bonds is 1. The Hall–Kier alpha value is -3.85. The molecule has 1 heterocycles. The molecule has 1 saturated heterocycles. The highest BCUT2D eigenvalue weighted by atomic mass is 79.9. The van der Waals surface area contributed by atoms with Crippen LogP contribution in [0.2, 0.25) is 0 Å². The largest absolute Gasteiger partial charge is 0.507 e. The molecule has 8 nitrogen and oxygen atoms in total. The Bertz CT molecular complexity index is 1550. The number of nitrogens with zero attached hydrogens (tertiary/aromatic N) is 1. The maximum Gasteiger partial charge on any atom is 0.328 e. The molecule has 0 spiro atoms. The standard InChI is InChI=1S/C27H19BrN2O6/c28-18-10-20(32)23-17(24(18)33)9-16-14(5-6-15-22(16)26(35)30(25(15)34)27(29)36)21(23)13-7-8-19(31)12-4-2-1-3-11(12)13/h1-5,7-8,10,15-16,21-22,31H,6,9H2,(H2,29,36)/t15-,16+,21-,22-/m0/s1. The monoisotopic (exact) mass is 546 g/mol. The van der Waals surface area contributed by atoms with E-state index in [1.165, 1.54) is 6.08 Å². The molecule has 4 aliphatic rings. The fourth-order valence-corrected chi connectivity index (χ4v) is 6.78. The number of fused-ring (bicyclic) bond motifs is 4. The lowest BCUT2D eigenvalue weighted by molar-refractivity contribution is -0.136. The molecule has 4 amide bonds. The predicted octanol–water partition coefficient (Wildman–Crippen LogP) is 3.39. The van der Waals surface area contributed by atoms with Crippen LogP contribution in [0.5, 0.6) is 5.75 Å². The van der Waals surface area contributed by atoms with Crippen LogP contribution in [0, 0.1) is 17.8 Å². The van der Waals surface area contributed by atoms with Gasteiger partial charge in [0.15, 0.2) is 11.6 Å². The van der Waals surface area contributed by atoms with Gasteiger partial charge in [0.05, 0.1) is 16.3 Å². The number of ketones is 2. The van der Waals surface area contributed by atoms with Crippen molar-refractivity contribution in [3.05, 3.63) is 75.3 Å². The van der Waals surface area contributed by atoms with Crippen LogP contribution in [0.4, 0.5) is 4.79 Å². The van der Waals surface area contributed by atoms with E-state index in [-0.39, 0.29) is 40.2 Å². The molecule has 1 fully saturated rings. The van der Waals surface area contributed by atoms with E-state index in [9.17, 15) is 29.1 Å². The van der Waals surface area contributed by atoms with E-state index in [1.807, 2.05) is 18.2 Å². The van der Waals surface area contributed by atoms with Gasteiger partial charge in [-0.25, -0.2) is 4.79 Å². The molecule has 3 aliphatic carbocycles. The maximum absolute atomic E-state index is 13.3. The normalized spacial score (nSPS) is 27.5. The Kier molecular flexibility index (Phi) is 4.91. The number of nitrogens with two attached hydrogens (primary N) is 1. The van der Waals surface area contributed by atoms with Gasteiger partial charge in [-0.15, -0.1) is 0 Å². The number of amides is 4. The molecule has 180 valence electrons. The summed E-state index contributed by atoms with van der Waals surface area (Å²) < 4.78 is 0.132. The number of aromatic hydroxyl groups is 1. The molecule has 0 aromatic heterocycles. The van der Waals surface area contributed by atoms with Crippen molar-refractivity contribution in [2.45, 2.75) is 18.8 Å². The van der Waals surface area contributed by atoms with E-state index < -0.39 is 41.5 Å². The molecule has 1 aliphatic heterocycles. The number of halogens is 1. The van der Waals surface area contributed by atoms with Crippen molar-refractivity contribution < 1.29 is 29.1 Å². The van der Waals surface area contributed by atoms with E-state index in [2.05, 4.69) is 15.9 Å². The number of phenols is 1. The first-order chi connectivity index (χ1) is 17.2. The third-order valence-electron chi connectivity index (χ3n) is 7.80. The molecule has 2 aromatic rings. The number of phenolic OH excluding ortho intramolecular Hbond substituents is 1. The smallest absolute Gasteiger partial charge is 0.328 e. The zero-order valence-electron chi connectivity index (χ0n) is 18.7. The summed E-state index contributed by atoms with van der Waals surface area (Å²) in [5.74, 6) is -4.74. The summed E-state index contributed by atoms with van der Waals surface area (Å²) in [4.78, 5) is 65.2. The van der Waals surface area contributed by atoms with E-state index in [0.29, 0.717) is 26.8 Å². The molecular weight excluding hydrogens is 528 g/mol. The second-order valence-electron chi connectivity index (χ2n) is 9.46. The number of imide groups is 3. The van der Waals surface area contributed by atoms with Gasteiger partial charge < -0.3 is 10.8 Å². The topological polar surface area (TPSA) is 135 Å². The number of hydrogen-bond donors (Lipinski definition) is 2. The summed E-state index contributed by atoms with van der Waals surface area (Å²) in [6, 6.07) is 9.37. The predicted molar refractivity (Wildman–Crippen MR) is 132 cm³/mol. The lowest BCUT2D eigenvalue weighted by atomic mass is 9.59. The molecule has 2 aromatic carbocycles. The fraction of sp³-hybridized carbons (Fsp3) is 0.222. The third kappa shape index (κ3) is 2.95. The Morgan fingerprint density at radius 2 is 1.72 bits per heavy atom. The van der Waals surface area contributed by atoms with Crippen molar-refractivity contribution in [1.82, 2.24) is 4.90 Å². The van der Waals surface area contributed by atoms with Crippen molar-refractivity contribution in [1.29, 1.82) is 0 Å². The first-order valence-electron chi connectivity index (χ1n) is 11.5. The number of carbonyl (C=O) groups excluding carboxylic acids is 5. The number of carbonyl (C=O) groups is 5. The van der Waals surface area contributed by atoms with Gasteiger partial charge in [-0.2, -0.15) is 4.90 Å². The number of urea groups is 1. The van der Waals surface area contributed by atoms with Crippen LogP contribution >= 0.6 is 15.9 Å². The molecule has 0 saturated carbocycles. The van der Waals surface area contributed by atoms with Crippen molar-refractivity contribution in [2.75, 3.05) is 0 Å². The van der Waals surface area contributed by atoms with E-state index in [4.69, 9.17) is 5.73 Å². The molecule has 4 atom stereocenters. The highest BCUT2D eigenvalue weighted by Gasteiger charge is 2.57. The molecule has 0 radical (unpaired) electrons. The van der Waals surface area contributed by atoms with E-state index in [0.717, 1.165) is 5.57 Å². The minimum atomic E-state index is -1.12. The minimum absolute atomic E-state index is 0.0796. The quantitative estimate of drug-likeness (QED) is 0.319. The first-order valence-corrected chi connectivity index (χ1v) is 12.3. The van der Waals surface area contributed by atoms with Crippen LogP contribution in [-0.2, 0) is 19.2 Å². The van der Waals surface area contributed by atoms with Crippen molar-refractivity contribution in [3.63, 3.8) is 0 Å². The lowest BCUT2D eigenvalue weighted by Crippen LogP contribution is -2.42. The molecule has 6 rings (SSSR count). The van der Waals surface area contributed by atoms with Gasteiger partial charge in [0.2, 0.25) is 11.8 Å². The summed E-state index contributed by atoms with van der Waals surface area (Å²) in [6.07, 6.45) is 3.43. The summed E-state index contributed by atoms with van der Waals surface area (Å²) in [6.45, 7) is 0. The number of Topliss-reactive ketones (excluding diaryl/α,β-unsaturated/α-hetero) is 1. The number of benzene rings is 2. The molecule has 3 N–H and O–H groups in total. The molecule has 36 heavy (non-hydrogen) atoms.